The molecular weight excluding hydrogens is 252 g/mol. The second-order valence-corrected chi connectivity index (χ2v) is 5.03. The maximum absolute atomic E-state index is 5.41. The highest BCUT2D eigenvalue weighted by atomic mass is 16.7. The van der Waals surface area contributed by atoms with Gasteiger partial charge in [0.2, 0.25) is 6.79 Å². The number of benzene rings is 1. The highest BCUT2D eigenvalue weighted by Gasteiger charge is 2.16. The zero-order valence-electron chi connectivity index (χ0n) is 11.7. The van der Waals surface area contributed by atoms with Crippen LogP contribution in [0.1, 0.15) is 24.2 Å². The van der Waals surface area contributed by atoms with Crippen molar-refractivity contribution in [1.29, 1.82) is 0 Å². The van der Waals surface area contributed by atoms with E-state index in [-0.39, 0.29) is 6.04 Å². The Morgan fingerprint density at radius 2 is 2.05 bits per heavy atom. The van der Waals surface area contributed by atoms with E-state index < -0.39 is 0 Å². The maximum atomic E-state index is 5.41. The van der Waals surface area contributed by atoms with Crippen LogP contribution in [0.5, 0.6) is 11.5 Å². The van der Waals surface area contributed by atoms with E-state index >= 15 is 0 Å². The Bertz CT molecular complexity index is 586. The molecule has 2 heterocycles. The van der Waals surface area contributed by atoms with Crippen molar-refractivity contribution in [3.8, 4) is 11.5 Å². The molecule has 0 radical (unpaired) electrons. The number of pyridine rings is 1. The van der Waals surface area contributed by atoms with Gasteiger partial charge in [0, 0.05) is 18.8 Å². The van der Waals surface area contributed by atoms with E-state index in [9.17, 15) is 0 Å². The summed E-state index contributed by atoms with van der Waals surface area (Å²) in [6.45, 7) is 3.32. The fourth-order valence-electron chi connectivity index (χ4n) is 2.31. The lowest BCUT2D eigenvalue weighted by Crippen LogP contribution is -2.22. The van der Waals surface area contributed by atoms with Gasteiger partial charge in [-0.1, -0.05) is 12.1 Å². The normalized spacial score (nSPS) is 14.6. The van der Waals surface area contributed by atoms with Crippen LogP contribution >= 0.6 is 0 Å². The summed E-state index contributed by atoms with van der Waals surface area (Å²) in [4.78, 5) is 6.68. The molecule has 1 aliphatic heterocycles. The first-order valence-corrected chi connectivity index (χ1v) is 6.74. The third-order valence-corrected chi connectivity index (χ3v) is 3.65. The fourth-order valence-corrected chi connectivity index (χ4v) is 2.31. The van der Waals surface area contributed by atoms with Crippen LogP contribution in [0.15, 0.2) is 42.6 Å². The summed E-state index contributed by atoms with van der Waals surface area (Å²) in [5.41, 5.74) is 2.29. The average Bonchev–Trinajstić information content (AvgIpc) is 2.95. The van der Waals surface area contributed by atoms with Crippen molar-refractivity contribution in [3.05, 3.63) is 53.9 Å². The van der Waals surface area contributed by atoms with Crippen molar-refractivity contribution in [3.63, 3.8) is 0 Å². The molecule has 0 aliphatic carbocycles. The zero-order chi connectivity index (χ0) is 13.9. The first kappa shape index (κ1) is 12.9. The lowest BCUT2D eigenvalue weighted by molar-refractivity contribution is 0.174. The van der Waals surface area contributed by atoms with Crippen molar-refractivity contribution in [2.75, 3.05) is 13.8 Å². The Hall–Kier alpha value is -2.07. The predicted molar refractivity (Wildman–Crippen MR) is 76.7 cm³/mol. The van der Waals surface area contributed by atoms with E-state index in [1.807, 2.05) is 30.5 Å². The molecule has 20 heavy (non-hydrogen) atoms. The van der Waals surface area contributed by atoms with Crippen LogP contribution in [-0.2, 0) is 6.54 Å². The highest BCUT2D eigenvalue weighted by molar-refractivity contribution is 5.44. The topological polar surface area (TPSA) is 34.6 Å². The molecule has 0 unspecified atom stereocenters. The molecule has 0 spiro atoms. The highest BCUT2D eigenvalue weighted by Crippen LogP contribution is 2.33. The first-order chi connectivity index (χ1) is 9.74. The number of rotatable bonds is 4. The van der Waals surface area contributed by atoms with E-state index in [0.29, 0.717) is 6.79 Å². The molecule has 1 aromatic heterocycles. The largest absolute Gasteiger partial charge is 0.454 e. The standard InChI is InChI=1S/C16H18N2O2/c1-12(14-5-3-4-8-17-14)18(2)10-13-6-7-15-16(9-13)20-11-19-15/h3-9,12H,10-11H2,1-2H3/t12-/m0/s1. The predicted octanol–water partition coefficient (Wildman–Crippen LogP) is 3.00. The van der Waals surface area contributed by atoms with E-state index in [4.69, 9.17) is 9.47 Å². The van der Waals surface area contributed by atoms with Crippen LogP contribution in [0.4, 0.5) is 0 Å². The molecule has 2 aromatic rings. The SMILES string of the molecule is C[C@@H](c1ccccn1)N(C)Cc1ccc2c(c1)OCO2. The maximum Gasteiger partial charge on any atom is 0.231 e. The van der Waals surface area contributed by atoms with Crippen LogP contribution < -0.4 is 9.47 Å². The van der Waals surface area contributed by atoms with Gasteiger partial charge in [-0.3, -0.25) is 9.88 Å². The number of fused-ring (bicyclic) bond motifs is 1. The van der Waals surface area contributed by atoms with Gasteiger partial charge in [0.05, 0.1) is 5.69 Å². The fraction of sp³-hybridized carbons (Fsp3) is 0.312. The van der Waals surface area contributed by atoms with Gasteiger partial charge in [0.1, 0.15) is 0 Å². The third-order valence-electron chi connectivity index (χ3n) is 3.65. The van der Waals surface area contributed by atoms with E-state index in [0.717, 1.165) is 23.7 Å². The second-order valence-electron chi connectivity index (χ2n) is 5.03. The molecular formula is C16H18N2O2. The molecule has 0 saturated carbocycles. The Balaban J connectivity index is 1.71. The first-order valence-electron chi connectivity index (χ1n) is 6.74. The summed E-state index contributed by atoms with van der Waals surface area (Å²) in [5.74, 6) is 1.66. The number of nitrogens with zero attached hydrogens (tertiary/aromatic N) is 2. The third kappa shape index (κ3) is 2.60. The summed E-state index contributed by atoms with van der Waals surface area (Å²) in [7, 11) is 2.10. The van der Waals surface area contributed by atoms with Crippen molar-refractivity contribution in [2.45, 2.75) is 19.5 Å². The van der Waals surface area contributed by atoms with Gasteiger partial charge in [-0.25, -0.2) is 0 Å². The molecule has 0 fully saturated rings. The van der Waals surface area contributed by atoms with Gasteiger partial charge in [0.25, 0.3) is 0 Å². The lowest BCUT2D eigenvalue weighted by atomic mass is 10.1. The van der Waals surface area contributed by atoms with Crippen LogP contribution in [0.2, 0.25) is 0 Å². The quantitative estimate of drug-likeness (QED) is 0.855. The van der Waals surface area contributed by atoms with Crippen LogP contribution in [0.25, 0.3) is 0 Å². The number of hydrogen-bond acceptors (Lipinski definition) is 4. The summed E-state index contributed by atoms with van der Waals surface area (Å²) in [5, 5.41) is 0. The van der Waals surface area contributed by atoms with Crippen molar-refractivity contribution in [2.24, 2.45) is 0 Å². The molecule has 0 amide bonds. The van der Waals surface area contributed by atoms with Gasteiger partial charge in [0.15, 0.2) is 11.5 Å². The Morgan fingerprint density at radius 1 is 1.20 bits per heavy atom. The number of hydrogen-bond donors (Lipinski definition) is 0. The van der Waals surface area contributed by atoms with Crippen molar-refractivity contribution < 1.29 is 9.47 Å². The molecule has 1 aromatic carbocycles. The summed E-state index contributed by atoms with van der Waals surface area (Å²) in [6, 6.07) is 12.4. The molecule has 104 valence electrons. The van der Waals surface area contributed by atoms with Crippen LogP contribution in [0.3, 0.4) is 0 Å². The monoisotopic (exact) mass is 270 g/mol. The minimum absolute atomic E-state index is 0.265. The summed E-state index contributed by atoms with van der Waals surface area (Å²) < 4.78 is 10.7. The number of aromatic nitrogens is 1. The molecule has 1 aliphatic rings. The van der Waals surface area contributed by atoms with Gasteiger partial charge in [-0.2, -0.15) is 0 Å². The lowest BCUT2D eigenvalue weighted by Gasteiger charge is -2.24. The van der Waals surface area contributed by atoms with Crippen LogP contribution in [0, 0.1) is 0 Å². The Kier molecular flexibility index (Phi) is 3.56. The number of ether oxygens (including phenoxy) is 2. The van der Waals surface area contributed by atoms with Gasteiger partial charge in [-0.05, 0) is 43.8 Å². The van der Waals surface area contributed by atoms with Gasteiger partial charge in [-0.15, -0.1) is 0 Å². The van der Waals surface area contributed by atoms with Crippen LogP contribution in [-0.4, -0.2) is 23.7 Å². The van der Waals surface area contributed by atoms with Gasteiger partial charge >= 0.3 is 0 Å². The van der Waals surface area contributed by atoms with Crippen molar-refractivity contribution >= 4 is 0 Å². The zero-order valence-corrected chi connectivity index (χ0v) is 11.7. The average molecular weight is 270 g/mol. The minimum Gasteiger partial charge on any atom is -0.454 e. The summed E-state index contributed by atoms with van der Waals surface area (Å²) in [6.07, 6.45) is 1.83. The molecule has 4 heteroatoms. The minimum atomic E-state index is 0.265. The van der Waals surface area contributed by atoms with E-state index in [2.05, 4.69) is 36.0 Å². The van der Waals surface area contributed by atoms with Gasteiger partial charge < -0.3 is 9.47 Å². The molecule has 3 rings (SSSR count). The van der Waals surface area contributed by atoms with E-state index in [1.165, 1.54) is 5.56 Å². The molecule has 4 nitrogen and oxygen atoms in total. The summed E-state index contributed by atoms with van der Waals surface area (Å²) >= 11 is 0. The Labute approximate surface area is 119 Å². The molecule has 0 saturated heterocycles. The van der Waals surface area contributed by atoms with Crippen molar-refractivity contribution in [1.82, 2.24) is 9.88 Å². The molecule has 1 atom stereocenters. The molecule has 0 bridgehead atoms. The van der Waals surface area contributed by atoms with E-state index in [1.54, 1.807) is 0 Å². The second kappa shape index (κ2) is 5.51. The smallest absolute Gasteiger partial charge is 0.231 e. The molecule has 0 N–H and O–H groups in total. The Morgan fingerprint density at radius 3 is 2.85 bits per heavy atom.